The lowest BCUT2D eigenvalue weighted by atomic mass is 9.76. The number of carbonyl (C=O) groups excluding carboxylic acids is 2. The number of hydrogen-bond donors (Lipinski definition) is 2. The van der Waals surface area contributed by atoms with Crippen molar-refractivity contribution < 1.29 is 19.1 Å². The second-order valence-corrected chi connectivity index (χ2v) is 7.12. The number of aliphatic hydroxyl groups is 1. The average molecular weight is 307 g/mol. The van der Waals surface area contributed by atoms with Crippen LogP contribution in [0.3, 0.4) is 0 Å². The van der Waals surface area contributed by atoms with E-state index < -0.39 is 0 Å². The Hall–Kier alpha value is -1.62. The molecule has 5 heteroatoms. The van der Waals surface area contributed by atoms with Crippen LogP contribution in [0.2, 0.25) is 0 Å². The summed E-state index contributed by atoms with van der Waals surface area (Å²) in [6, 6.07) is 0. The molecule has 0 fully saturated rings. The number of Topliss-reactive ketones (excluding diaryl/α,β-unsaturated/α-hetero) is 1. The highest BCUT2D eigenvalue weighted by molar-refractivity contribution is 6.03. The molecule has 0 saturated carbocycles. The van der Waals surface area contributed by atoms with E-state index in [0.717, 1.165) is 0 Å². The maximum atomic E-state index is 12.3. The molecule has 1 heterocycles. The first-order valence-corrected chi connectivity index (χ1v) is 7.79. The molecular weight excluding hydrogens is 282 g/mol. The summed E-state index contributed by atoms with van der Waals surface area (Å²) in [7, 11) is 0. The van der Waals surface area contributed by atoms with Crippen molar-refractivity contribution in [1.29, 1.82) is 0 Å². The highest BCUT2D eigenvalue weighted by atomic mass is 16.4. The molecule has 0 aliphatic heterocycles. The first-order valence-electron chi connectivity index (χ1n) is 7.79. The monoisotopic (exact) mass is 307 g/mol. The van der Waals surface area contributed by atoms with Crippen molar-refractivity contribution in [1.82, 2.24) is 5.32 Å². The molecule has 0 radical (unpaired) electrons. The van der Waals surface area contributed by atoms with Gasteiger partial charge in [-0.15, -0.1) is 0 Å². The van der Waals surface area contributed by atoms with Crippen molar-refractivity contribution in [2.24, 2.45) is 11.3 Å². The fourth-order valence-electron chi connectivity index (χ4n) is 2.97. The van der Waals surface area contributed by atoms with Crippen molar-refractivity contribution in [2.75, 3.05) is 13.2 Å². The van der Waals surface area contributed by atoms with Crippen LogP contribution in [-0.4, -0.2) is 29.9 Å². The number of hydrogen-bond acceptors (Lipinski definition) is 4. The third-order valence-corrected chi connectivity index (χ3v) is 4.22. The zero-order valence-corrected chi connectivity index (χ0v) is 13.8. The molecule has 2 rings (SSSR count). The lowest BCUT2D eigenvalue weighted by Crippen LogP contribution is -2.29. The minimum atomic E-state index is -0.290. The summed E-state index contributed by atoms with van der Waals surface area (Å²) in [4.78, 5) is 24.6. The Labute approximate surface area is 131 Å². The van der Waals surface area contributed by atoms with Crippen LogP contribution >= 0.6 is 0 Å². The minimum absolute atomic E-state index is 0.0557. The summed E-state index contributed by atoms with van der Waals surface area (Å²) in [5.74, 6) is 0.835. The summed E-state index contributed by atoms with van der Waals surface area (Å²) >= 11 is 0. The van der Waals surface area contributed by atoms with E-state index >= 15 is 0 Å². The van der Waals surface area contributed by atoms with E-state index in [9.17, 15) is 9.59 Å². The summed E-state index contributed by atoms with van der Waals surface area (Å²) in [5.41, 5.74) is 1.10. The minimum Gasteiger partial charge on any atom is -0.455 e. The summed E-state index contributed by atoms with van der Waals surface area (Å²) < 4.78 is 5.71. The molecule has 1 atom stereocenters. The van der Waals surface area contributed by atoms with E-state index in [1.165, 1.54) is 0 Å². The van der Waals surface area contributed by atoms with Gasteiger partial charge in [-0.2, -0.15) is 0 Å². The number of furan rings is 1. The SMILES string of the molecule is Cc1c(C(=O)NCC(C)CCO)oc2c1C(=O)CC(C)(C)C2. The molecule has 0 spiro atoms. The van der Waals surface area contributed by atoms with E-state index in [2.05, 4.69) is 5.32 Å². The molecule has 1 aromatic heterocycles. The molecule has 122 valence electrons. The Balaban J connectivity index is 2.17. The third kappa shape index (κ3) is 3.40. The second-order valence-electron chi connectivity index (χ2n) is 7.12. The molecule has 0 bridgehead atoms. The molecule has 0 saturated heterocycles. The Kier molecular flexibility index (Phi) is 4.75. The fraction of sp³-hybridized carbons (Fsp3) is 0.647. The molecule has 22 heavy (non-hydrogen) atoms. The summed E-state index contributed by atoms with van der Waals surface area (Å²) in [6.07, 6.45) is 1.79. The number of aliphatic hydroxyl groups excluding tert-OH is 1. The van der Waals surface area contributed by atoms with Gasteiger partial charge in [-0.25, -0.2) is 0 Å². The van der Waals surface area contributed by atoms with E-state index in [0.29, 0.717) is 42.7 Å². The molecule has 1 aliphatic rings. The molecule has 1 unspecified atom stereocenters. The standard InChI is InChI=1S/C17H25NO4/c1-10(5-6-19)9-18-16(21)15-11(2)14-12(20)7-17(3,4)8-13(14)22-15/h10,19H,5-9H2,1-4H3,(H,18,21). The van der Waals surface area contributed by atoms with Crippen molar-refractivity contribution in [2.45, 2.75) is 47.0 Å². The van der Waals surface area contributed by atoms with E-state index in [-0.39, 0.29) is 35.4 Å². The Morgan fingerprint density at radius 1 is 1.41 bits per heavy atom. The normalized spacial score (nSPS) is 18.0. The van der Waals surface area contributed by atoms with Crippen LogP contribution in [0, 0.1) is 18.3 Å². The van der Waals surface area contributed by atoms with Gasteiger partial charge in [0.1, 0.15) is 5.76 Å². The van der Waals surface area contributed by atoms with Gasteiger partial charge in [-0.3, -0.25) is 9.59 Å². The maximum absolute atomic E-state index is 12.3. The molecular formula is C17H25NO4. The Morgan fingerprint density at radius 2 is 2.09 bits per heavy atom. The molecule has 1 aliphatic carbocycles. The first-order chi connectivity index (χ1) is 10.2. The largest absolute Gasteiger partial charge is 0.455 e. The summed E-state index contributed by atoms with van der Waals surface area (Å²) in [5, 5.41) is 11.7. The lowest BCUT2D eigenvalue weighted by molar-refractivity contribution is 0.0886. The molecule has 1 amide bonds. The fourth-order valence-corrected chi connectivity index (χ4v) is 2.97. The van der Waals surface area contributed by atoms with Gasteiger partial charge < -0.3 is 14.8 Å². The number of ketones is 1. The van der Waals surface area contributed by atoms with Crippen LogP contribution in [0.5, 0.6) is 0 Å². The second kappa shape index (κ2) is 6.24. The van der Waals surface area contributed by atoms with Gasteiger partial charge >= 0.3 is 0 Å². The van der Waals surface area contributed by atoms with Crippen molar-refractivity contribution in [3.05, 3.63) is 22.6 Å². The highest BCUT2D eigenvalue weighted by Gasteiger charge is 2.36. The van der Waals surface area contributed by atoms with Gasteiger partial charge in [0.25, 0.3) is 5.91 Å². The van der Waals surface area contributed by atoms with Gasteiger partial charge in [0.2, 0.25) is 0 Å². The quantitative estimate of drug-likeness (QED) is 0.876. The summed E-state index contributed by atoms with van der Waals surface area (Å²) in [6.45, 7) is 8.37. The van der Waals surface area contributed by atoms with Gasteiger partial charge in [0, 0.05) is 31.6 Å². The van der Waals surface area contributed by atoms with E-state index in [1.807, 2.05) is 20.8 Å². The van der Waals surface area contributed by atoms with Crippen molar-refractivity contribution in [3.8, 4) is 0 Å². The predicted octanol–water partition coefficient (Wildman–Crippen LogP) is 2.49. The van der Waals surface area contributed by atoms with Crippen LogP contribution in [0.4, 0.5) is 0 Å². The Morgan fingerprint density at radius 3 is 2.73 bits per heavy atom. The van der Waals surface area contributed by atoms with Crippen LogP contribution in [0.25, 0.3) is 0 Å². The number of amides is 1. The lowest BCUT2D eigenvalue weighted by Gasteiger charge is -2.27. The number of nitrogens with one attached hydrogen (secondary N) is 1. The maximum Gasteiger partial charge on any atom is 0.287 e. The zero-order valence-electron chi connectivity index (χ0n) is 13.8. The number of fused-ring (bicyclic) bond motifs is 1. The molecule has 1 aromatic rings. The van der Waals surface area contributed by atoms with Crippen LogP contribution in [0.1, 0.15) is 65.8 Å². The van der Waals surface area contributed by atoms with Gasteiger partial charge in [-0.1, -0.05) is 20.8 Å². The van der Waals surface area contributed by atoms with Crippen molar-refractivity contribution in [3.63, 3.8) is 0 Å². The predicted molar refractivity (Wildman–Crippen MR) is 83.1 cm³/mol. The van der Waals surface area contributed by atoms with Crippen LogP contribution in [0.15, 0.2) is 4.42 Å². The topological polar surface area (TPSA) is 79.5 Å². The van der Waals surface area contributed by atoms with E-state index in [4.69, 9.17) is 9.52 Å². The highest BCUT2D eigenvalue weighted by Crippen LogP contribution is 2.38. The molecule has 0 aromatic carbocycles. The van der Waals surface area contributed by atoms with Gasteiger partial charge in [-0.05, 0) is 24.7 Å². The van der Waals surface area contributed by atoms with Gasteiger partial charge in [0.05, 0.1) is 5.56 Å². The van der Waals surface area contributed by atoms with Crippen molar-refractivity contribution >= 4 is 11.7 Å². The smallest absolute Gasteiger partial charge is 0.287 e. The Bertz CT molecular complexity index is 586. The number of carbonyl (C=O) groups is 2. The number of rotatable bonds is 5. The van der Waals surface area contributed by atoms with E-state index in [1.54, 1.807) is 6.92 Å². The first kappa shape index (κ1) is 16.7. The third-order valence-electron chi connectivity index (χ3n) is 4.22. The molecule has 5 nitrogen and oxygen atoms in total. The zero-order chi connectivity index (χ0) is 16.5. The van der Waals surface area contributed by atoms with Crippen LogP contribution in [-0.2, 0) is 6.42 Å². The average Bonchev–Trinajstić information content (AvgIpc) is 2.72. The molecule has 2 N–H and O–H groups in total. The van der Waals surface area contributed by atoms with Crippen LogP contribution < -0.4 is 5.32 Å². The van der Waals surface area contributed by atoms with Gasteiger partial charge in [0.15, 0.2) is 11.5 Å².